The Hall–Kier alpha value is -2.05. The first-order valence-electron chi connectivity index (χ1n) is 4.57. The van der Waals surface area contributed by atoms with Crippen molar-refractivity contribution in [3.05, 3.63) is 11.8 Å². The molecule has 1 aromatic heterocycles. The van der Waals surface area contributed by atoms with Crippen LogP contribution in [0.4, 0.5) is 0 Å². The number of carbonyl (C=O) groups excluding carboxylic acids is 1. The van der Waals surface area contributed by atoms with Crippen molar-refractivity contribution in [2.45, 2.75) is 19.9 Å². The van der Waals surface area contributed by atoms with Gasteiger partial charge < -0.3 is 19.7 Å². The van der Waals surface area contributed by atoms with E-state index >= 15 is 0 Å². The largest absolute Gasteiger partial charge is 0.480 e. The molecule has 0 aliphatic rings. The molecule has 0 saturated carbocycles. The van der Waals surface area contributed by atoms with E-state index in [-0.39, 0.29) is 12.5 Å². The van der Waals surface area contributed by atoms with Crippen LogP contribution in [0.3, 0.4) is 0 Å². The molecule has 0 fully saturated rings. The Bertz CT molecular complexity index is 387. The van der Waals surface area contributed by atoms with E-state index in [9.17, 15) is 9.59 Å². The normalized spacial score (nSPS) is 11.9. The van der Waals surface area contributed by atoms with Crippen molar-refractivity contribution < 1.29 is 24.0 Å². The maximum Gasteiger partial charge on any atom is 0.325 e. The molecule has 88 valence electrons. The lowest BCUT2D eigenvalue weighted by Gasteiger charge is -2.08. The van der Waals surface area contributed by atoms with Crippen LogP contribution in [0.1, 0.15) is 12.7 Å². The molecule has 0 bridgehead atoms. The SMILES string of the molecule is Cc1cc(OCC(=O)N[C@H](C)C(=O)O)no1. The Labute approximate surface area is 91.4 Å². The molecule has 0 unspecified atom stereocenters. The zero-order chi connectivity index (χ0) is 12.1. The van der Waals surface area contributed by atoms with Gasteiger partial charge in [0.15, 0.2) is 6.61 Å². The van der Waals surface area contributed by atoms with Crippen LogP contribution >= 0.6 is 0 Å². The minimum atomic E-state index is -1.11. The molecule has 0 aliphatic heterocycles. The van der Waals surface area contributed by atoms with E-state index in [1.807, 2.05) is 0 Å². The molecule has 1 amide bonds. The van der Waals surface area contributed by atoms with E-state index in [0.29, 0.717) is 5.76 Å². The lowest BCUT2D eigenvalue weighted by molar-refractivity contribution is -0.141. The second-order valence-corrected chi connectivity index (χ2v) is 3.19. The number of nitrogens with zero attached hydrogens (tertiary/aromatic N) is 1. The maximum atomic E-state index is 11.2. The van der Waals surface area contributed by atoms with Crippen LogP contribution < -0.4 is 10.1 Å². The summed E-state index contributed by atoms with van der Waals surface area (Å²) in [4.78, 5) is 21.6. The molecule has 1 heterocycles. The average molecular weight is 228 g/mol. The van der Waals surface area contributed by atoms with Gasteiger partial charge in [-0.25, -0.2) is 0 Å². The molecular weight excluding hydrogens is 216 g/mol. The smallest absolute Gasteiger partial charge is 0.325 e. The van der Waals surface area contributed by atoms with E-state index in [1.165, 1.54) is 13.0 Å². The molecule has 7 nitrogen and oxygen atoms in total. The summed E-state index contributed by atoms with van der Waals surface area (Å²) in [6.07, 6.45) is 0. The standard InChI is InChI=1S/C9H12N2O5/c1-5-3-8(11-16-5)15-4-7(12)10-6(2)9(13)14/h3,6H,4H2,1-2H3,(H,10,12)(H,13,14)/t6-/m1/s1. The van der Waals surface area contributed by atoms with Gasteiger partial charge in [-0.3, -0.25) is 9.59 Å². The van der Waals surface area contributed by atoms with Crippen LogP contribution in [0.25, 0.3) is 0 Å². The van der Waals surface area contributed by atoms with Gasteiger partial charge in [-0.1, -0.05) is 0 Å². The van der Waals surface area contributed by atoms with E-state index in [4.69, 9.17) is 14.4 Å². The highest BCUT2D eigenvalue weighted by molar-refractivity contribution is 5.84. The second-order valence-electron chi connectivity index (χ2n) is 3.19. The van der Waals surface area contributed by atoms with Gasteiger partial charge in [0.05, 0.1) is 0 Å². The third kappa shape index (κ3) is 3.60. The van der Waals surface area contributed by atoms with Crippen LogP contribution in [0, 0.1) is 6.92 Å². The quantitative estimate of drug-likeness (QED) is 0.732. The lowest BCUT2D eigenvalue weighted by Crippen LogP contribution is -2.40. The number of ether oxygens (including phenoxy) is 1. The number of rotatable bonds is 5. The first kappa shape index (κ1) is 12.0. The van der Waals surface area contributed by atoms with Gasteiger partial charge in [0.25, 0.3) is 11.8 Å². The number of carboxylic acids is 1. The monoisotopic (exact) mass is 228 g/mol. The third-order valence-electron chi connectivity index (χ3n) is 1.71. The Kier molecular flexibility index (Phi) is 3.87. The minimum absolute atomic E-state index is 0.190. The van der Waals surface area contributed by atoms with Crippen molar-refractivity contribution in [2.24, 2.45) is 0 Å². The van der Waals surface area contributed by atoms with E-state index in [2.05, 4.69) is 10.5 Å². The van der Waals surface area contributed by atoms with E-state index < -0.39 is 17.9 Å². The Morgan fingerprint density at radius 1 is 1.69 bits per heavy atom. The summed E-state index contributed by atoms with van der Waals surface area (Å²) in [7, 11) is 0. The third-order valence-corrected chi connectivity index (χ3v) is 1.71. The molecule has 2 N–H and O–H groups in total. The number of carboxylic acid groups (broad SMARTS) is 1. The van der Waals surface area contributed by atoms with Crippen molar-refractivity contribution in [3.63, 3.8) is 0 Å². The molecule has 0 spiro atoms. The van der Waals surface area contributed by atoms with Crippen molar-refractivity contribution in [3.8, 4) is 5.88 Å². The second kappa shape index (κ2) is 5.15. The fraction of sp³-hybridized carbons (Fsp3) is 0.444. The van der Waals surface area contributed by atoms with Gasteiger partial charge in [-0.15, -0.1) is 0 Å². The summed E-state index contributed by atoms with van der Waals surface area (Å²) in [5, 5.41) is 14.3. The molecule has 1 atom stereocenters. The van der Waals surface area contributed by atoms with Crippen LogP contribution in [0.15, 0.2) is 10.6 Å². The number of aliphatic carboxylic acids is 1. The van der Waals surface area contributed by atoms with Gasteiger partial charge in [0, 0.05) is 6.07 Å². The summed E-state index contributed by atoms with van der Waals surface area (Å²) >= 11 is 0. The molecule has 0 radical (unpaired) electrons. The van der Waals surface area contributed by atoms with Crippen LogP contribution in [-0.4, -0.2) is 34.8 Å². The van der Waals surface area contributed by atoms with Crippen LogP contribution in [0.5, 0.6) is 5.88 Å². The van der Waals surface area contributed by atoms with Gasteiger partial charge in [-0.2, -0.15) is 0 Å². The number of hydrogen-bond donors (Lipinski definition) is 2. The van der Waals surface area contributed by atoms with Gasteiger partial charge >= 0.3 is 5.97 Å². The zero-order valence-corrected chi connectivity index (χ0v) is 8.89. The van der Waals surface area contributed by atoms with Gasteiger partial charge in [0.1, 0.15) is 11.8 Å². The maximum absolute atomic E-state index is 11.2. The van der Waals surface area contributed by atoms with Crippen LogP contribution in [0.2, 0.25) is 0 Å². The predicted octanol–water partition coefficient (Wildman–Crippen LogP) is -0.0489. The van der Waals surface area contributed by atoms with Gasteiger partial charge in [-0.05, 0) is 19.0 Å². The summed E-state index contributed by atoms with van der Waals surface area (Å²) in [6.45, 7) is 2.75. The minimum Gasteiger partial charge on any atom is -0.480 e. The fourth-order valence-corrected chi connectivity index (χ4v) is 0.896. The average Bonchev–Trinajstić information content (AvgIpc) is 2.61. The van der Waals surface area contributed by atoms with Gasteiger partial charge in [0.2, 0.25) is 0 Å². The first-order chi connectivity index (χ1) is 7.49. The topological polar surface area (TPSA) is 102 Å². The predicted molar refractivity (Wildman–Crippen MR) is 52.0 cm³/mol. The van der Waals surface area contributed by atoms with Crippen molar-refractivity contribution in [2.75, 3.05) is 6.61 Å². The summed E-state index contributed by atoms with van der Waals surface area (Å²) in [5.74, 6) is -0.883. The highest BCUT2D eigenvalue weighted by Gasteiger charge is 2.14. The highest BCUT2D eigenvalue weighted by Crippen LogP contribution is 2.09. The summed E-state index contributed by atoms with van der Waals surface area (Å²) < 4.78 is 9.67. The molecule has 1 aromatic rings. The van der Waals surface area contributed by atoms with Crippen LogP contribution in [-0.2, 0) is 9.59 Å². The molecule has 1 rings (SSSR count). The Balaban J connectivity index is 2.33. The van der Waals surface area contributed by atoms with E-state index in [0.717, 1.165) is 0 Å². The molecule has 0 aromatic carbocycles. The molecule has 0 aliphatic carbocycles. The summed E-state index contributed by atoms with van der Waals surface area (Å²) in [5.41, 5.74) is 0. The number of amides is 1. The fourth-order valence-electron chi connectivity index (χ4n) is 0.896. The molecular formula is C9H12N2O5. The van der Waals surface area contributed by atoms with Crippen molar-refractivity contribution in [1.82, 2.24) is 10.5 Å². The Morgan fingerprint density at radius 3 is 2.88 bits per heavy atom. The zero-order valence-electron chi connectivity index (χ0n) is 8.89. The number of carbonyl (C=O) groups is 2. The highest BCUT2D eigenvalue weighted by atomic mass is 16.5. The lowest BCUT2D eigenvalue weighted by atomic mass is 10.3. The number of nitrogens with one attached hydrogen (secondary N) is 1. The van der Waals surface area contributed by atoms with E-state index in [1.54, 1.807) is 6.92 Å². The number of aromatic nitrogens is 1. The van der Waals surface area contributed by atoms with Crippen molar-refractivity contribution in [1.29, 1.82) is 0 Å². The Morgan fingerprint density at radius 2 is 2.38 bits per heavy atom. The number of aryl methyl sites for hydroxylation is 1. The molecule has 7 heteroatoms. The number of hydrogen-bond acceptors (Lipinski definition) is 5. The first-order valence-corrected chi connectivity index (χ1v) is 4.57. The molecule has 16 heavy (non-hydrogen) atoms. The van der Waals surface area contributed by atoms with Crippen molar-refractivity contribution >= 4 is 11.9 Å². The summed E-state index contributed by atoms with van der Waals surface area (Å²) in [6, 6.07) is 0.573. The molecule has 0 saturated heterocycles.